The molecule has 0 saturated heterocycles. The van der Waals surface area contributed by atoms with Gasteiger partial charge in [-0.3, -0.25) is 0 Å². The number of aromatic nitrogens is 4. The van der Waals surface area contributed by atoms with Gasteiger partial charge in [-0.25, -0.2) is 19.9 Å². The largest absolute Gasteiger partial charge is 0.481 e. The maximum atomic E-state index is 5.08. The monoisotopic (exact) mass is 231 g/mol. The van der Waals surface area contributed by atoms with Crippen LogP contribution >= 0.6 is 0 Å². The van der Waals surface area contributed by atoms with Crippen LogP contribution in [0.5, 0.6) is 5.88 Å². The van der Waals surface area contributed by atoms with Crippen molar-refractivity contribution in [2.45, 2.75) is 6.04 Å². The predicted molar refractivity (Wildman–Crippen MR) is 61.5 cm³/mol. The molecule has 1 N–H and O–H groups in total. The van der Waals surface area contributed by atoms with Gasteiger partial charge >= 0.3 is 0 Å². The molecule has 0 saturated carbocycles. The third-order valence-electron chi connectivity index (χ3n) is 2.37. The molecule has 0 radical (unpaired) electrons. The van der Waals surface area contributed by atoms with Gasteiger partial charge in [-0.2, -0.15) is 0 Å². The zero-order valence-electron chi connectivity index (χ0n) is 9.66. The Bertz CT molecular complexity index is 476. The van der Waals surface area contributed by atoms with E-state index in [1.165, 1.54) is 12.7 Å². The van der Waals surface area contributed by atoms with Gasteiger partial charge in [0, 0.05) is 24.0 Å². The van der Waals surface area contributed by atoms with Crippen LogP contribution in [0.3, 0.4) is 0 Å². The highest BCUT2D eigenvalue weighted by atomic mass is 16.5. The lowest BCUT2D eigenvalue weighted by atomic mass is 10.1. The molecule has 0 aliphatic rings. The third kappa shape index (κ3) is 2.54. The maximum Gasteiger partial charge on any atom is 0.216 e. The average molecular weight is 231 g/mol. The fourth-order valence-electron chi connectivity index (χ4n) is 1.57. The summed E-state index contributed by atoms with van der Waals surface area (Å²) in [4.78, 5) is 16.2. The summed E-state index contributed by atoms with van der Waals surface area (Å²) in [5, 5.41) is 3.16. The maximum absolute atomic E-state index is 5.08. The first-order valence-electron chi connectivity index (χ1n) is 5.13. The molecule has 0 spiro atoms. The van der Waals surface area contributed by atoms with Crippen molar-refractivity contribution in [2.24, 2.45) is 0 Å². The van der Waals surface area contributed by atoms with Crippen molar-refractivity contribution < 1.29 is 4.74 Å². The van der Waals surface area contributed by atoms with E-state index in [0.29, 0.717) is 5.88 Å². The molecular weight excluding hydrogens is 218 g/mol. The van der Waals surface area contributed by atoms with E-state index in [-0.39, 0.29) is 6.04 Å². The first-order valence-corrected chi connectivity index (χ1v) is 5.13. The molecule has 0 aromatic carbocycles. The van der Waals surface area contributed by atoms with E-state index in [1.807, 2.05) is 7.05 Å². The highest BCUT2D eigenvalue weighted by Gasteiger charge is 2.14. The summed E-state index contributed by atoms with van der Waals surface area (Å²) in [5.41, 5.74) is 1.75. The lowest BCUT2D eigenvalue weighted by Crippen LogP contribution is -2.19. The minimum Gasteiger partial charge on any atom is -0.481 e. The normalized spacial score (nSPS) is 12.1. The van der Waals surface area contributed by atoms with Crippen LogP contribution in [-0.2, 0) is 0 Å². The molecule has 88 valence electrons. The Morgan fingerprint density at radius 3 is 2.59 bits per heavy atom. The Morgan fingerprint density at radius 2 is 1.94 bits per heavy atom. The van der Waals surface area contributed by atoms with Crippen molar-refractivity contribution >= 4 is 0 Å². The molecular formula is C11H13N5O. The zero-order valence-corrected chi connectivity index (χ0v) is 9.66. The Balaban J connectivity index is 2.35. The van der Waals surface area contributed by atoms with Crippen LogP contribution < -0.4 is 10.1 Å². The molecule has 2 aromatic rings. The Morgan fingerprint density at radius 1 is 1.18 bits per heavy atom. The minimum atomic E-state index is -0.0758. The standard InChI is InChI=1S/C11H13N5O/c1-12-11(8-4-13-6-14-5-8)9-3-10(17-2)16-7-15-9/h3-7,11-12H,1-2H3. The highest BCUT2D eigenvalue weighted by Crippen LogP contribution is 2.20. The van der Waals surface area contributed by atoms with Crippen LogP contribution in [0.15, 0.2) is 31.1 Å². The van der Waals surface area contributed by atoms with Crippen LogP contribution in [0.2, 0.25) is 0 Å². The molecule has 0 aliphatic carbocycles. The molecule has 0 amide bonds. The Hall–Kier alpha value is -2.08. The molecule has 2 heterocycles. The fraction of sp³-hybridized carbons (Fsp3) is 0.273. The summed E-state index contributed by atoms with van der Waals surface area (Å²) >= 11 is 0. The number of hydrogen-bond donors (Lipinski definition) is 1. The van der Waals surface area contributed by atoms with Crippen LogP contribution in [0.25, 0.3) is 0 Å². The molecule has 2 aromatic heterocycles. The first kappa shape index (κ1) is 11.4. The van der Waals surface area contributed by atoms with E-state index in [0.717, 1.165) is 11.3 Å². The summed E-state index contributed by atoms with van der Waals surface area (Å²) in [6, 6.07) is 1.71. The number of hydrogen-bond acceptors (Lipinski definition) is 6. The second-order valence-corrected chi connectivity index (χ2v) is 3.38. The summed E-state index contributed by atoms with van der Waals surface area (Å²) < 4.78 is 5.08. The van der Waals surface area contributed by atoms with Gasteiger partial charge in [0.25, 0.3) is 0 Å². The van der Waals surface area contributed by atoms with Crippen LogP contribution in [0, 0.1) is 0 Å². The van der Waals surface area contributed by atoms with E-state index in [4.69, 9.17) is 4.74 Å². The van der Waals surface area contributed by atoms with Gasteiger partial charge in [0.2, 0.25) is 5.88 Å². The smallest absolute Gasteiger partial charge is 0.216 e. The van der Waals surface area contributed by atoms with Crippen molar-refractivity contribution in [3.63, 3.8) is 0 Å². The van der Waals surface area contributed by atoms with Gasteiger partial charge in [0.15, 0.2) is 0 Å². The van der Waals surface area contributed by atoms with Crippen molar-refractivity contribution in [1.82, 2.24) is 25.3 Å². The van der Waals surface area contributed by atoms with Crippen molar-refractivity contribution in [3.8, 4) is 5.88 Å². The summed E-state index contributed by atoms with van der Waals surface area (Å²) in [6.07, 6.45) is 6.48. The van der Waals surface area contributed by atoms with Gasteiger partial charge in [0.1, 0.15) is 12.7 Å². The quantitative estimate of drug-likeness (QED) is 0.830. The molecule has 1 unspecified atom stereocenters. The SMILES string of the molecule is CNC(c1cncnc1)c1cc(OC)ncn1. The van der Waals surface area contributed by atoms with E-state index < -0.39 is 0 Å². The van der Waals surface area contributed by atoms with Crippen LogP contribution in [-0.4, -0.2) is 34.1 Å². The summed E-state index contributed by atoms with van der Waals surface area (Å²) in [7, 11) is 3.43. The van der Waals surface area contributed by atoms with Gasteiger partial charge in [0.05, 0.1) is 18.8 Å². The number of ether oxygens (including phenoxy) is 1. The number of nitrogens with zero attached hydrogens (tertiary/aromatic N) is 4. The number of methoxy groups -OCH3 is 1. The molecule has 0 aliphatic heterocycles. The van der Waals surface area contributed by atoms with Gasteiger partial charge < -0.3 is 10.1 Å². The van der Waals surface area contributed by atoms with E-state index >= 15 is 0 Å². The van der Waals surface area contributed by atoms with E-state index in [2.05, 4.69) is 25.3 Å². The van der Waals surface area contributed by atoms with Gasteiger partial charge in [-0.05, 0) is 7.05 Å². The first-order chi connectivity index (χ1) is 8.35. The third-order valence-corrected chi connectivity index (χ3v) is 2.37. The second kappa shape index (κ2) is 5.31. The Kier molecular flexibility index (Phi) is 3.56. The van der Waals surface area contributed by atoms with E-state index in [9.17, 15) is 0 Å². The van der Waals surface area contributed by atoms with Crippen LogP contribution in [0.1, 0.15) is 17.3 Å². The second-order valence-electron chi connectivity index (χ2n) is 3.38. The molecule has 17 heavy (non-hydrogen) atoms. The molecule has 6 nitrogen and oxygen atoms in total. The lowest BCUT2D eigenvalue weighted by molar-refractivity contribution is 0.395. The number of rotatable bonds is 4. The lowest BCUT2D eigenvalue weighted by Gasteiger charge is -2.15. The molecule has 0 fully saturated rings. The minimum absolute atomic E-state index is 0.0758. The van der Waals surface area contributed by atoms with Gasteiger partial charge in [-0.1, -0.05) is 0 Å². The molecule has 2 rings (SSSR count). The van der Waals surface area contributed by atoms with E-state index in [1.54, 1.807) is 25.6 Å². The predicted octanol–water partition coefficient (Wildman–Crippen LogP) is 0.584. The summed E-state index contributed by atoms with van der Waals surface area (Å²) in [6.45, 7) is 0. The van der Waals surface area contributed by atoms with Crippen LogP contribution in [0.4, 0.5) is 0 Å². The van der Waals surface area contributed by atoms with Gasteiger partial charge in [-0.15, -0.1) is 0 Å². The molecule has 1 atom stereocenters. The average Bonchev–Trinajstić information content (AvgIpc) is 2.41. The van der Waals surface area contributed by atoms with Crippen molar-refractivity contribution in [1.29, 1.82) is 0 Å². The van der Waals surface area contributed by atoms with Crippen molar-refractivity contribution in [2.75, 3.05) is 14.2 Å². The number of nitrogens with one attached hydrogen (secondary N) is 1. The van der Waals surface area contributed by atoms with Crippen molar-refractivity contribution in [3.05, 3.63) is 42.4 Å². The topological polar surface area (TPSA) is 72.8 Å². The fourth-order valence-corrected chi connectivity index (χ4v) is 1.57. The zero-order chi connectivity index (χ0) is 12.1. The molecule has 0 bridgehead atoms. The Labute approximate surface area is 99.1 Å². The molecule has 6 heteroatoms. The summed E-state index contributed by atoms with van der Waals surface area (Å²) in [5.74, 6) is 0.534. The highest BCUT2D eigenvalue weighted by molar-refractivity contribution is 5.25.